The van der Waals surface area contributed by atoms with Crippen LogP contribution in [0.3, 0.4) is 0 Å². The molecule has 9 heavy (non-hydrogen) atoms. The van der Waals surface area contributed by atoms with Crippen LogP contribution in [0.15, 0.2) is 18.2 Å². The third-order valence-electron chi connectivity index (χ3n) is 0.926. The molecule has 0 spiro atoms. The van der Waals surface area contributed by atoms with E-state index < -0.39 is 0 Å². The summed E-state index contributed by atoms with van der Waals surface area (Å²) in [4.78, 5) is 10.1. The molecule has 0 N–H and O–H groups in total. The van der Waals surface area contributed by atoms with Crippen LogP contribution in [0, 0.1) is 6.07 Å². The van der Waals surface area contributed by atoms with Crippen LogP contribution in [-0.4, -0.2) is 6.29 Å². The highest BCUT2D eigenvalue weighted by atomic mass is 35.5. The molecule has 1 nitrogen and oxygen atoms in total. The zero-order valence-electron chi connectivity index (χ0n) is 4.60. The van der Waals surface area contributed by atoms with Crippen LogP contribution in [0.2, 0.25) is 5.02 Å². The predicted octanol–water partition coefficient (Wildman–Crippen LogP) is 1.95. The van der Waals surface area contributed by atoms with E-state index in [2.05, 4.69) is 6.07 Å². The number of carbonyl (C=O) groups is 1. The number of aldehydes is 1. The van der Waals surface area contributed by atoms with Crippen molar-refractivity contribution in [2.24, 2.45) is 0 Å². The first-order valence-corrected chi connectivity index (χ1v) is 2.83. The largest absolute Gasteiger partial charge is 0.298 e. The highest BCUT2D eigenvalue weighted by Gasteiger charge is 1.88. The van der Waals surface area contributed by atoms with E-state index in [0.29, 0.717) is 10.6 Å². The van der Waals surface area contributed by atoms with Crippen molar-refractivity contribution in [3.8, 4) is 0 Å². The van der Waals surface area contributed by atoms with Crippen LogP contribution in [0.5, 0.6) is 0 Å². The minimum absolute atomic E-state index is 0.472. The van der Waals surface area contributed by atoms with Gasteiger partial charge in [0.05, 0.1) is 0 Å². The van der Waals surface area contributed by atoms with Gasteiger partial charge in [-0.25, -0.2) is 0 Å². The molecule has 0 aromatic heterocycles. The number of benzene rings is 1. The van der Waals surface area contributed by atoms with Gasteiger partial charge in [-0.3, -0.25) is 4.79 Å². The molecular formula is C7H4ClO. The minimum atomic E-state index is 0.472. The summed E-state index contributed by atoms with van der Waals surface area (Å²) in [5.74, 6) is 0. The Morgan fingerprint density at radius 2 is 2.44 bits per heavy atom. The Kier molecular flexibility index (Phi) is 1.85. The zero-order chi connectivity index (χ0) is 6.69. The van der Waals surface area contributed by atoms with Crippen LogP contribution in [-0.2, 0) is 0 Å². The van der Waals surface area contributed by atoms with E-state index in [1.54, 1.807) is 18.2 Å². The van der Waals surface area contributed by atoms with E-state index in [1.165, 1.54) is 0 Å². The fraction of sp³-hybridized carbons (Fsp3) is 0. The summed E-state index contributed by atoms with van der Waals surface area (Å²) in [7, 11) is 0. The molecule has 0 amide bonds. The van der Waals surface area contributed by atoms with Gasteiger partial charge >= 0.3 is 0 Å². The number of hydrogen-bond donors (Lipinski definition) is 0. The fourth-order valence-electron chi connectivity index (χ4n) is 0.527. The normalized spacial score (nSPS) is 9.00. The lowest BCUT2D eigenvalue weighted by Crippen LogP contribution is -1.75. The third-order valence-corrected chi connectivity index (χ3v) is 1.14. The standard InChI is InChI=1S/C7H4ClO/c8-7-3-1-2-6(4-7)5-9/h1-2,4-5H. The van der Waals surface area contributed by atoms with Crippen molar-refractivity contribution in [2.45, 2.75) is 0 Å². The fourth-order valence-corrected chi connectivity index (χ4v) is 0.716. The highest BCUT2D eigenvalue weighted by molar-refractivity contribution is 6.30. The van der Waals surface area contributed by atoms with E-state index in [1.807, 2.05) is 0 Å². The van der Waals surface area contributed by atoms with Crippen molar-refractivity contribution in [2.75, 3.05) is 0 Å². The van der Waals surface area contributed by atoms with Crippen LogP contribution in [0.25, 0.3) is 0 Å². The molecular weight excluding hydrogens is 136 g/mol. The Bertz CT molecular complexity index is 220. The van der Waals surface area contributed by atoms with Crippen LogP contribution >= 0.6 is 11.6 Å². The first-order valence-electron chi connectivity index (χ1n) is 2.45. The van der Waals surface area contributed by atoms with E-state index in [0.717, 1.165) is 6.29 Å². The van der Waals surface area contributed by atoms with E-state index >= 15 is 0 Å². The monoisotopic (exact) mass is 139 g/mol. The molecule has 0 heterocycles. The number of rotatable bonds is 1. The van der Waals surface area contributed by atoms with Crippen molar-refractivity contribution >= 4 is 17.9 Å². The topological polar surface area (TPSA) is 17.1 Å². The summed E-state index contributed by atoms with van der Waals surface area (Å²) in [6.07, 6.45) is 0.750. The molecule has 0 atom stereocenters. The molecule has 0 bridgehead atoms. The molecule has 1 radical (unpaired) electrons. The van der Waals surface area contributed by atoms with Gasteiger partial charge in [-0.2, -0.15) is 0 Å². The van der Waals surface area contributed by atoms with Gasteiger partial charge in [-0.1, -0.05) is 23.7 Å². The Morgan fingerprint density at radius 3 is 2.89 bits per heavy atom. The van der Waals surface area contributed by atoms with Gasteiger partial charge in [0.2, 0.25) is 0 Å². The maximum Gasteiger partial charge on any atom is 0.150 e. The molecule has 0 aliphatic carbocycles. The van der Waals surface area contributed by atoms with Gasteiger partial charge in [0.1, 0.15) is 6.29 Å². The van der Waals surface area contributed by atoms with Crippen molar-refractivity contribution < 1.29 is 4.79 Å². The van der Waals surface area contributed by atoms with Gasteiger partial charge in [0.25, 0.3) is 0 Å². The molecule has 0 saturated heterocycles. The Labute approximate surface area is 58.3 Å². The van der Waals surface area contributed by atoms with Gasteiger partial charge in [0.15, 0.2) is 0 Å². The van der Waals surface area contributed by atoms with E-state index in [-0.39, 0.29) is 0 Å². The number of carbonyl (C=O) groups excluding carboxylic acids is 1. The summed E-state index contributed by atoms with van der Waals surface area (Å²) < 4.78 is 0. The molecule has 0 unspecified atom stereocenters. The summed E-state index contributed by atoms with van der Waals surface area (Å²) >= 11 is 5.51. The molecule has 1 rings (SSSR count). The van der Waals surface area contributed by atoms with Gasteiger partial charge in [0, 0.05) is 16.7 Å². The third kappa shape index (κ3) is 1.54. The molecule has 1 aromatic rings. The predicted molar refractivity (Wildman–Crippen MR) is 35.7 cm³/mol. The lowest BCUT2D eigenvalue weighted by molar-refractivity contribution is 0.112. The SMILES string of the molecule is O=Cc1cc[c]c(Cl)c1. The smallest absolute Gasteiger partial charge is 0.150 e. The van der Waals surface area contributed by atoms with E-state index in [4.69, 9.17) is 11.6 Å². The lowest BCUT2D eigenvalue weighted by atomic mass is 10.2. The molecule has 0 aliphatic rings. The second-order valence-electron chi connectivity index (χ2n) is 1.59. The summed E-state index contributed by atoms with van der Waals surface area (Å²) in [5, 5.41) is 0.472. The van der Waals surface area contributed by atoms with E-state index in [9.17, 15) is 4.79 Å². The number of hydrogen-bond acceptors (Lipinski definition) is 1. The van der Waals surface area contributed by atoms with Crippen molar-refractivity contribution in [1.82, 2.24) is 0 Å². The Morgan fingerprint density at radius 1 is 1.67 bits per heavy atom. The lowest BCUT2D eigenvalue weighted by Gasteiger charge is -1.87. The van der Waals surface area contributed by atoms with Crippen LogP contribution in [0.1, 0.15) is 10.4 Å². The molecule has 0 saturated carbocycles. The maximum absolute atomic E-state index is 10.1. The molecule has 45 valence electrons. The summed E-state index contributed by atoms with van der Waals surface area (Å²) in [6.45, 7) is 0. The molecule has 0 fully saturated rings. The van der Waals surface area contributed by atoms with Crippen LogP contribution < -0.4 is 0 Å². The van der Waals surface area contributed by atoms with Gasteiger partial charge < -0.3 is 0 Å². The first kappa shape index (κ1) is 6.30. The van der Waals surface area contributed by atoms with Gasteiger partial charge in [-0.05, 0) is 6.07 Å². The Balaban J connectivity index is 3.07. The maximum atomic E-state index is 10.1. The highest BCUT2D eigenvalue weighted by Crippen LogP contribution is 2.07. The first-order chi connectivity index (χ1) is 4.33. The summed E-state index contributed by atoms with van der Waals surface area (Å²) in [5.41, 5.74) is 0.582. The van der Waals surface area contributed by atoms with Gasteiger partial charge in [-0.15, -0.1) is 0 Å². The second-order valence-corrected chi connectivity index (χ2v) is 1.99. The summed E-state index contributed by atoms with van der Waals surface area (Å²) in [6, 6.07) is 7.55. The average molecular weight is 140 g/mol. The Hall–Kier alpha value is -0.820. The van der Waals surface area contributed by atoms with Crippen molar-refractivity contribution in [1.29, 1.82) is 0 Å². The molecule has 1 aromatic carbocycles. The quantitative estimate of drug-likeness (QED) is 0.544. The molecule has 2 heteroatoms. The minimum Gasteiger partial charge on any atom is -0.298 e. The second kappa shape index (κ2) is 2.65. The van der Waals surface area contributed by atoms with Crippen LogP contribution in [0.4, 0.5) is 0 Å². The zero-order valence-corrected chi connectivity index (χ0v) is 5.35. The van der Waals surface area contributed by atoms with Crippen molar-refractivity contribution in [3.63, 3.8) is 0 Å². The number of halogens is 1. The van der Waals surface area contributed by atoms with Crippen molar-refractivity contribution in [3.05, 3.63) is 34.9 Å². The molecule has 0 aliphatic heterocycles. The average Bonchev–Trinajstić information content (AvgIpc) is 1.88.